The molecule has 0 radical (unpaired) electrons. The lowest BCUT2D eigenvalue weighted by Crippen LogP contribution is -2.37. The highest BCUT2D eigenvalue weighted by Crippen LogP contribution is 2.28. The number of halogens is 2. The predicted octanol–water partition coefficient (Wildman–Crippen LogP) is 3.91. The lowest BCUT2D eigenvalue weighted by molar-refractivity contribution is 0.122. The van der Waals surface area contributed by atoms with Crippen LogP contribution in [0.4, 0.5) is 11.5 Å². The molecule has 0 spiro atoms. The van der Waals surface area contributed by atoms with E-state index in [1.54, 1.807) is 0 Å². The zero-order valence-electron chi connectivity index (χ0n) is 17.5. The molecule has 0 bridgehead atoms. The summed E-state index contributed by atoms with van der Waals surface area (Å²) in [4.78, 5) is 15.7. The van der Waals surface area contributed by atoms with Crippen LogP contribution in [0.1, 0.15) is 11.3 Å². The maximum absolute atomic E-state index is 9.46. The van der Waals surface area contributed by atoms with Crippen molar-refractivity contribution < 1.29 is 4.74 Å². The van der Waals surface area contributed by atoms with Crippen molar-refractivity contribution in [3.8, 4) is 6.07 Å². The van der Waals surface area contributed by atoms with Crippen molar-refractivity contribution in [2.45, 2.75) is 11.7 Å². The Bertz CT molecular complexity index is 1090. The molecule has 3 aromatic rings. The second-order valence-corrected chi connectivity index (χ2v) is 7.71. The van der Waals surface area contributed by atoms with Crippen LogP contribution >= 0.6 is 35.0 Å². The minimum Gasteiger partial charge on any atom is -0.378 e. The van der Waals surface area contributed by atoms with Crippen LogP contribution in [0.25, 0.3) is 11.0 Å². The molecule has 1 saturated heterocycles. The van der Waals surface area contributed by atoms with E-state index in [1.165, 1.54) is 18.1 Å². The van der Waals surface area contributed by atoms with E-state index in [9.17, 15) is 5.26 Å². The number of morpholine rings is 1. The Hall–Kier alpha value is -2.25. The molecule has 0 amide bonds. The van der Waals surface area contributed by atoms with E-state index in [1.807, 2.05) is 25.6 Å². The molecule has 8 nitrogen and oxygen atoms in total. The zero-order valence-corrected chi connectivity index (χ0v) is 19.9. The molecule has 3 aromatic heterocycles. The normalized spacial score (nSPS) is 13.5. The highest BCUT2D eigenvalue weighted by Gasteiger charge is 2.19. The van der Waals surface area contributed by atoms with Crippen molar-refractivity contribution in [2.24, 2.45) is 7.05 Å². The van der Waals surface area contributed by atoms with Crippen molar-refractivity contribution in [1.82, 2.24) is 19.5 Å². The van der Waals surface area contributed by atoms with E-state index < -0.39 is 0 Å². The summed E-state index contributed by atoms with van der Waals surface area (Å²) in [7, 11) is 2.01. The van der Waals surface area contributed by atoms with E-state index in [4.69, 9.17) is 21.3 Å². The van der Waals surface area contributed by atoms with Gasteiger partial charge in [-0.25, -0.2) is 15.0 Å². The number of thioether (sulfide) groups is 1. The van der Waals surface area contributed by atoms with E-state index in [2.05, 4.69) is 48.5 Å². The van der Waals surface area contributed by atoms with Gasteiger partial charge < -0.3 is 19.5 Å². The van der Waals surface area contributed by atoms with Gasteiger partial charge in [0.2, 0.25) is 0 Å². The van der Waals surface area contributed by atoms with Crippen LogP contribution in [0.15, 0.2) is 23.5 Å². The van der Waals surface area contributed by atoms with Crippen molar-refractivity contribution in [1.29, 1.82) is 5.26 Å². The number of hydrogen-bond acceptors (Lipinski definition) is 8. The number of aromatic nitrogens is 4. The van der Waals surface area contributed by atoms with E-state index in [0.29, 0.717) is 30.7 Å². The SMILES string of the molecule is CCl.CSc1nc(Cl)c(C#N)c(NCc2nc3ccn(C)c3cc2N2CCOCC2)n1. The van der Waals surface area contributed by atoms with Gasteiger partial charge in [0.15, 0.2) is 16.1 Å². The molecule has 164 valence electrons. The number of pyridine rings is 1. The van der Waals surface area contributed by atoms with E-state index in [-0.39, 0.29) is 10.7 Å². The van der Waals surface area contributed by atoms with Crippen LogP contribution in [-0.4, -0.2) is 58.5 Å². The van der Waals surface area contributed by atoms with Crippen LogP contribution in [0.2, 0.25) is 5.15 Å². The first kappa shape index (κ1) is 23.4. The van der Waals surface area contributed by atoms with Crippen LogP contribution in [-0.2, 0) is 18.3 Å². The summed E-state index contributed by atoms with van der Waals surface area (Å²) in [5.41, 5.74) is 4.17. The van der Waals surface area contributed by atoms with Crippen LogP contribution in [0.5, 0.6) is 0 Å². The molecule has 0 atom stereocenters. The van der Waals surface area contributed by atoms with Gasteiger partial charge in [0.05, 0.1) is 42.2 Å². The summed E-state index contributed by atoms with van der Waals surface area (Å²) in [5, 5.41) is 13.4. The number of rotatable bonds is 5. The summed E-state index contributed by atoms with van der Waals surface area (Å²) in [6.45, 7) is 3.41. The first-order valence-electron chi connectivity index (χ1n) is 9.51. The predicted molar refractivity (Wildman–Crippen MR) is 126 cm³/mol. The lowest BCUT2D eigenvalue weighted by atomic mass is 10.2. The molecule has 1 fully saturated rings. The van der Waals surface area contributed by atoms with Crippen molar-refractivity contribution in [2.75, 3.05) is 49.2 Å². The monoisotopic (exact) mass is 479 g/mol. The number of fused-ring (bicyclic) bond motifs is 1. The fraction of sp³-hybridized carbons (Fsp3) is 0.400. The number of nitrogens with zero attached hydrogens (tertiary/aromatic N) is 6. The lowest BCUT2D eigenvalue weighted by Gasteiger charge is -2.30. The summed E-state index contributed by atoms with van der Waals surface area (Å²) in [5.74, 6) is 0.416. The Kier molecular flexibility index (Phi) is 8.21. The molecule has 11 heteroatoms. The number of nitriles is 1. The van der Waals surface area contributed by atoms with E-state index in [0.717, 1.165) is 35.5 Å². The van der Waals surface area contributed by atoms with Crippen LogP contribution in [0.3, 0.4) is 0 Å². The van der Waals surface area contributed by atoms with Crippen molar-refractivity contribution >= 4 is 57.5 Å². The Balaban J connectivity index is 0.00000132. The second-order valence-electron chi connectivity index (χ2n) is 6.57. The number of hydrogen-bond donors (Lipinski definition) is 1. The highest BCUT2D eigenvalue weighted by atomic mass is 35.5. The molecular formula is C20H23Cl2N7OS. The van der Waals surface area contributed by atoms with Gasteiger partial charge in [-0.05, 0) is 18.4 Å². The molecule has 0 saturated carbocycles. The first-order chi connectivity index (χ1) is 15.1. The molecular weight excluding hydrogens is 457 g/mol. The minimum absolute atomic E-state index is 0.147. The maximum atomic E-state index is 9.46. The van der Waals surface area contributed by atoms with Gasteiger partial charge >= 0.3 is 0 Å². The Morgan fingerprint density at radius 3 is 2.68 bits per heavy atom. The fourth-order valence-electron chi connectivity index (χ4n) is 3.32. The number of alkyl halides is 1. The minimum atomic E-state index is 0.147. The summed E-state index contributed by atoms with van der Waals surface area (Å²) < 4.78 is 7.56. The maximum Gasteiger partial charge on any atom is 0.190 e. The van der Waals surface area contributed by atoms with Gasteiger partial charge in [-0.3, -0.25) is 0 Å². The van der Waals surface area contributed by atoms with E-state index >= 15 is 0 Å². The standard InChI is InChI=1S/C19H20ClN7OS.CH3Cl/c1-26-4-3-13-15(26)9-16(27-5-7-28-8-6-27)14(23-13)11-22-18-12(10-21)17(20)24-19(25-18)29-2;1-2/h3-4,9H,5-8,11H2,1-2H3,(H,22,24,25);1H3. The smallest absolute Gasteiger partial charge is 0.190 e. The molecule has 4 heterocycles. The average molecular weight is 480 g/mol. The quantitative estimate of drug-likeness (QED) is 0.254. The Labute approximate surface area is 195 Å². The summed E-state index contributed by atoms with van der Waals surface area (Å²) >= 11 is 12.2. The largest absolute Gasteiger partial charge is 0.378 e. The number of ether oxygens (including phenoxy) is 1. The molecule has 1 aliphatic heterocycles. The Morgan fingerprint density at radius 1 is 1.26 bits per heavy atom. The van der Waals surface area contributed by atoms with Crippen molar-refractivity contribution in [3.05, 3.63) is 34.7 Å². The summed E-state index contributed by atoms with van der Waals surface area (Å²) in [6.07, 6.45) is 5.34. The van der Waals surface area contributed by atoms with Gasteiger partial charge in [0.25, 0.3) is 0 Å². The van der Waals surface area contributed by atoms with Gasteiger partial charge in [0, 0.05) is 32.7 Å². The van der Waals surface area contributed by atoms with Crippen molar-refractivity contribution in [3.63, 3.8) is 0 Å². The first-order valence-corrected chi connectivity index (χ1v) is 11.9. The zero-order chi connectivity index (χ0) is 22.4. The number of nitrogens with one attached hydrogen (secondary N) is 1. The van der Waals surface area contributed by atoms with Crippen LogP contribution in [0, 0.1) is 11.3 Å². The molecule has 0 aromatic carbocycles. The highest BCUT2D eigenvalue weighted by molar-refractivity contribution is 7.98. The Morgan fingerprint density at radius 2 is 2.00 bits per heavy atom. The molecule has 0 aliphatic carbocycles. The number of anilines is 2. The molecule has 31 heavy (non-hydrogen) atoms. The molecule has 0 unspecified atom stereocenters. The van der Waals surface area contributed by atoms with Gasteiger partial charge in [0.1, 0.15) is 11.6 Å². The molecule has 1 N–H and O–H groups in total. The third-order valence-electron chi connectivity index (χ3n) is 4.84. The topological polar surface area (TPSA) is 91.9 Å². The average Bonchev–Trinajstić information content (AvgIpc) is 3.18. The third kappa shape index (κ3) is 5.15. The second kappa shape index (κ2) is 10.9. The fourth-order valence-corrected chi connectivity index (χ4v) is 3.95. The molecule has 1 aliphatic rings. The molecule has 4 rings (SSSR count). The number of aryl methyl sites for hydroxylation is 1. The van der Waals surface area contributed by atoms with Gasteiger partial charge in [-0.2, -0.15) is 5.26 Å². The van der Waals surface area contributed by atoms with Crippen LogP contribution < -0.4 is 10.2 Å². The van der Waals surface area contributed by atoms with Gasteiger partial charge in [-0.15, -0.1) is 11.6 Å². The van der Waals surface area contributed by atoms with Gasteiger partial charge in [-0.1, -0.05) is 23.4 Å². The third-order valence-corrected chi connectivity index (χ3v) is 5.66. The summed E-state index contributed by atoms with van der Waals surface area (Å²) in [6, 6.07) is 6.24.